The van der Waals surface area contributed by atoms with Crippen molar-refractivity contribution in [2.24, 2.45) is 5.84 Å². The van der Waals surface area contributed by atoms with Gasteiger partial charge in [0.1, 0.15) is 0 Å². The summed E-state index contributed by atoms with van der Waals surface area (Å²) in [5.74, 6) is 5.84. The van der Waals surface area contributed by atoms with E-state index in [9.17, 15) is 0 Å². The maximum atomic E-state index is 5.84. The first-order valence-electron chi connectivity index (χ1n) is 7.78. The Balaban J connectivity index is 2.06. The number of nitrogens with two attached hydrogens (primary N) is 1. The van der Waals surface area contributed by atoms with E-state index in [0.717, 1.165) is 38.4 Å². The van der Waals surface area contributed by atoms with Gasteiger partial charge in [-0.15, -0.1) is 0 Å². The van der Waals surface area contributed by atoms with E-state index >= 15 is 0 Å². The quantitative estimate of drug-likeness (QED) is 0.604. The molecule has 0 saturated carbocycles. The van der Waals surface area contributed by atoms with Gasteiger partial charge in [-0.2, -0.15) is 5.10 Å². The number of hydrogen-bond donors (Lipinski definition) is 2. The van der Waals surface area contributed by atoms with Crippen molar-refractivity contribution in [3.8, 4) is 0 Å². The van der Waals surface area contributed by atoms with Crippen molar-refractivity contribution < 1.29 is 4.74 Å². The molecule has 6 heteroatoms. The SMILES string of the molecule is CC(C)n1ccc(CC(NN)C(C)(C)N2CCOCC2)n1. The molecule has 1 aromatic rings. The zero-order valence-corrected chi connectivity index (χ0v) is 13.7. The Morgan fingerprint density at radius 1 is 1.38 bits per heavy atom. The molecule has 120 valence electrons. The molecule has 0 spiro atoms. The molecule has 1 atom stereocenters. The van der Waals surface area contributed by atoms with Gasteiger partial charge in [-0.25, -0.2) is 0 Å². The lowest BCUT2D eigenvalue weighted by Crippen LogP contribution is -2.62. The largest absolute Gasteiger partial charge is 0.379 e. The smallest absolute Gasteiger partial charge is 0.0641 e. The molecule has 0 bridgehead atoms. The van der Waals surface area contributed by atoms with Crippen molar-refractivity contribution in [3.63, 3.8) is 0 Å². The molecule has 0 amide bonds. The van der Waals surface area contributed by atoms with Crippen molar-refractivity contribution in [2.45, 2.75) is 51.7 Å². The Labute approximate surface area is 127 Å². The number of ether oxygens (including phenoxy) is 1. The molecule has 1 unspecified atom stereocenters. The van der Waals surface area contributed by atoms with E-state index in [1.54, 1.807) is 0 Å². The van der Waals surface area contributed by atoms with Crippen LogP contribution in [0.5, 0.6) is 0 Å². The van der Waals surface area contributed by atoms with E-state index in [2.05, 4.69) is 49.2 Å². The Bertz CT molecular complexity index is 437. The normalized spacial score (nSPS) is 19.1. The minimum Gasteiger partial charge on any atom is -0.379 e. The number of hydrazine groups is 1. The van der Waals surface area contributed by atoms with Gasteiger partial charge in [-0.1, -0.05) is 0 Å². The molecule has 1 aromatic heterocycles. The fourth-order valence-electron chi connectivity index (χ4n) is 2.86. The Morgan fingerprint density at radius 3 is 2.57 bits per heavy atom. The average molecular weight is 295 g/mol. The Kier molecular flexibility index (Phi) is 5.37. The van der Waals surface area contributed by atoms with Crippen molar-refractivity contribution in [2.75, 3.05) is 26.3 Å². The standard InChI is InChI=1S/C15H29N5O/c1-12(2)20-6-5-13(18-20)11-14(17-16)15(3,4)19-7-9-21-10-8-19/h5-6,12,14,17H,7-11,16H2,1-4H3. The number of rotatable bonds is 6. The van der Waals surface area contributed by atoms with E-state index in [4.69, 9.17) is 10.6 Å². The summed E-state index contributed by atoms with van der Waals surface area (Å²) in [4.78, 5) is 2.44. The number of nitrogens with one attached hydrogen (secondary N) is 1. The molecular formula is C15H29N5O. The number of aromatic nitrogens is 2. The molecule has 1 fully saturated rings. The highest BCUT2D eigenvalue weighted by atomic mass is 16.5. The van der Waals surface area contributed by atoms with Crippen LogP contribution in [0.15, 0.2) is 12.3 Å². The number of nitrogens with zero attached hydrogens (tertiary/aromatic N) is 3. The van der Waals surface area contributed by atoms with Crippen molar-refractivity contribution >= 4 is 0 Å². The third-order valence-electron chi connectivity index (χ3n) is 4.49. The van der Waals surface area contributed by atoms with Gasteiger partial charge < -0.3 is 4.74 Å². The molecular weight excluding hydrogens is 266 g/mol. The van der Waals surface area contributed by atoms with Crippen molar-refractivity contribution in [1.29, 1.82) is 0 Å². The maximum absolute atomic E-state index is 5.84. The first kappa shape index (κ1) is 16.4. The lowest BCUT2D eigenvalue weighted by Gasteiger charge is -2.45. The lowest BCUT2D eigenvalue weighted by molar-refractivity contribution is -0.0234. The van der Waals surface area contributed by atoms with Gasteiger partial charge in [0.15, 0.2) is 0 Å². The molecule has 0 radical (unpaired) electrons. The van der Waals surface area contributed by atoms with Crippen LogP contribution in [-0.4, -0.2) is 52.6 Å². The highest BCUT2D eigenvalue weighted by Gasteiger charge is 2.36. The van der Waals surface area contributed by atoms with Crippen LogP contribution in [0.2, 0.25) is 0 Å². The minimum absolute atomic E-state index is 0.0415. The van der Waals surface area contributed by atoms with Gasteiger partial charge in [0, 0.05) is 43.3 Å². The molecule has 1 saturated heterocycles. The van der Waals surface area contributed by atoms with E-state index < -0.39 is 0 Å². The summed E-state index contributed by atoms with van der Waals surface area (Å²) in [5.41, 5.74) is 4.03. The van der Waals surface area contributed by atoms with Gasteiger partial charge >= 0.3 is 0 Å². The zero-order valence-electron chi connectivity index (χ0n) is 13.7. The fourth-order valence-corrected chi connectivity index (χ4v) is 2.86. The van der Waals surface area contributed by atoms with Crippen molar-refractivity contribution in [1.82, 2.24) is 20.1 Å². The first-order valence-corrected chi connectivity index (χ1v) is 7.78. The molecule has 2 rings (SSSR count). The summed E-state index contributed by atoms with van der Waals surface area (Å²) >= 11 is 0. The van der Waals surface area contributed by atoms with Crippen LogP contribution in [-0.2, 0) is 11.2 Å². The minimum atomic E-state index is -0.0415. The van der Waals surface area contributed by atoms with Gasteiger partial charge in [-0.05, 0) is 33.8 Å². The summed E-state index contributed by atoms with van der Waals surface area (Å²) in [7, 11) is 0. The van der Waals surface area contributed by atoms with Crippen LogP contribution in [0.4, 0.5) is 0 Å². The van der Waals surface area contributed by atoms with Crippen LogP contribution in [0, 0.1) is 0 Å². The van der Waals surface area contributed by atoms with Crippen LogP contribution >= 0.6 is 0 Å². The van der Waals surface area contributed by atoms with Gasteiger partial charge in [-0.3, -0.25) is 20.9 Å². The van der Waals surface area contributed by atoms with Gasteiger partial charge in [0.2, 0.25) is 0 Å². The van der Waals surface area contributed by atoms with Crippen LogP contribution in [0.25, 0.3) is 0 Å². The molecule has 0 aliphatic carbocycles. The van der Waals surface area contributed by atoms with Gasteiger partial charge in [0.25, 0.3) is 0 Å². The molecule has 21 heavy (non-hydrogen) atoms. The summed E-state index contributed by atoms with van der Waals surface area (Å²) in [6.07, 6.45) is 2.86. The van der Waals surface area contributed by atoms with E-state index in [1.807, 2.05) is 10.9 Å². The molecule has 1 aliphatic rings. The predicted molar refractivity (Wildman–Crippen MR) is 83.9 cm³/mol. The third kappa shape index (κ3) is 3.83. The predicted octanol–water partition coefficient (Wildman–Crippen LogP) is 0.949. The molecule has 2 heterocycles. The van der Waals surface area contributed by atoms with Crippen LogP contribution in [0.1, 0.15) is 39.4 Å². The van der Waals surface area contributed by atoms with Crippen LogP contribution < -0.4 is 11.3 Å². The molecule has 3 N–H and O–H groups in total. The number of morpholine rings is 1. The molecule has 1 aliphatic heterocycles. The second-order valence-electron chi connectivity index (χ2n) is 6.56. The summed E-state index contributed by atoms with van der Waals surface area (Å²) < 4.78 is 7.44. The van der Waals surface area contributed by atoms with E-state index in [-0.39, 0.29) is 11.6 Å². The summed E-state index contributed by atoms with van der Waals surface area (Å²) in [5, 5.41) is 4.63. The van der Waals surface area contributed by atoms with Crippen molar-refractivity contribution in [3.05, 3.63) is 18.0 Å². The van der Waals surface area contributed by atoms with Crippen LogP contribution in [0.3, 0.4) is 0 Å². The van der Waals surface area contributed by atoms with Gasteiger partial charge in [0.05, 0.1) is 18.9 Å². The van der Waals surface area contributed by atoms with E-state index in [1.165, 1.54) is 0 Å². The highest BCUT2D eigenvalue weighted by Crippen LogP contribution is 2.22. The average Bonchev–Trinajstić information content (AvgIpc) is 2.94. The second-order valence-corrected chi connectivity index (χ2v) is 6.56. The third-order valence-corrected chi connectivity index (χ3v) is 4.49. The Morgan fingerprint density at radius 2 is 2.05 bits per heavy atom. The Hall–Kier alpha value is -0.950. The topological polar surface area (TPSA) is 68.3 Å². The zero-order chi connectivity index (χ0) is 15.5. The second kappa shape index (κ2) is 6.87. The highest BCUT2D eigenvalue weighted by molar-refractivity contribution is 5.06. The van der Waals surface area contributed by atoms with E-state index in [0.29, 0.717) is 6.04 Å². The molecule has 0 aromatic carbocycles. The maximum Gasteiger partial charge on any atom is 0.0641 e. The fraction of sp³-hybridized carbons (Fsp3) is 0.800. The first-order chi connectivity index (χ1) is 9.95. The summed E-state index contributed by atoms with van der Waals surface area (Å²) in [6.45, 7) is 12.2. The monoisotopic (exact) mass is 295 g/mol. The summed E-state index contributed by atoms with van der Waals surface area (Å²) in [6, 6.07) is 2.61. The molecule has 6 nitrogen and oxygen atoms in total. The number of hydrogen-bond acceptors (Lipinski definition) is 5. The lowest BCUT2D eigenvalue weighted by atomic mass is 9.89.